The molecule has 1 aromatic carbocycles. The van der Waals surface area contributed by atoms with Crippen LogP contribution in [0.5, 0.6) is 5.75 Å². The van der Waals surface area contributed by atoms with Crippen molar-refractivity contribution < 1.29 is 17.5 Å². The number of hydrogen-bond acceptors (Lipinski definition) is 4. The number of nitrogens with one attached hydrogen (secondary N) is 1. The van der Waals surface area contributed by atoms with Crippen molar-refractivity contribution in [1.82, 2.24) is 4.72 Å². The van der Waals surface area contributed by atoms with E-state index in [9.17, 15) is 12.8 Å². The second-order valence-corrected chi connectivity index (χ2v) is 6.57. The molecule has 0 aromatic heterocycles. The molecule has 18 heavy (non-hydrogen) atoms. The van der Waals surface area contributed by atoms with Gasteiger partial charge in [-0.3, -0.25) is 0 Å². The summed E-state index contributed by atoms with van der Waals surface area (Å²) in [6, 6.07) is 2.04. The number of nitrogen functional groups attached to an aromatic ring is 1. The van der Waals surface area contributed by atoms with Crippen molar-refractivity contribution in [2.45, 2.75) is 31.2 Å². The number of benzene rings is 1. The summed E-state index contributed by atoms with van der Waals surface area (Å²) in [4.78, 5) is -0.228. The summed E-state index contributed by atoms with van der Waals surface area (Å²) in [6.45, 7) is 5.06. The van der Waals surface area contributed by atoms with Gasteiger partial charge in [0.2, 0.25) is 10.0 Å². The smallest absolute Gasteiger partial charge is 0.241 e. The Morgan fingerprint density at radius 3 is 2.28 bits per heavy atom. The summed E-state index contributed by atoms with van der Waals surface area (Å²) >= 11 is 0. The van der Waals surface area contributed by atoms with E-state index in [0.29, 0.717) is 0 Å². The normalized spacial score (nSPS) is 12.5. The van der Waals surface area contributed by atoms with Gasteiger partial charge in [0, 0.05) is 5.54 Å². The van der Waals surface area contributed by atoms with Crippen molar-refractivity contribution in [2.75, 3.05) is 12.8 Å². The molecule has 0 atom stereocenters. The second kappa shape index (κ2) is 4.74. The maximum Gasteiger partial charge on any atom is 0.241 e. The molecule has 0 bridgehead atoms. The fourth-order valence-corrected chi connectivity index (χ4v) is 2.89. The van der Waals surface area contributed by atoms with Gasteiger partial charge in [0.25, 0.3) is 0 Å². The highest BCUT2D eigenvalue weighted by molar-refractivity contribution is 7.89. The molecule has 0 radical (unpaired) electrons. The van der Waals surface area contributed by atoms with Crippen LogP contribution in [0, 0.1) is 5.82 Å². The fourth-order valence-electron chi connectivity index (χ4n) is 1.42. The van der Waals surface area contributed by atoms with Crippen molar-refractivity contribution in [2.24, 2.45) is 0 Å². The van der Waals surface area contributed by atoms with Gasteiger partial charge in [-0.1, -0.05) is 0 Å². The van der Waals surface area contributed by atoms with Crippen LogP contribution in [0.1, 0.15) is 20.8 Å². The fraction of sp³-hybridized carbons (Fsp3) is 0.455. The van der Waals surface area contributed by atoms with Crippen LogP contribution in [-0.2, 0) is 10.0 Å². The van der Waals surface area contributed by atoms with Gasteiger partial charge in [-0.25, -0.2) is 17.5 Å². The highest BCUT2D eigenvalue weighted by Crippen LogP contribution is 2.28. The summed E-state index contributed by atoms with van der Waals surface area (Å²) < 4.78 is 44.7. The van der Waals surface area contributed by atoms with E-state index in [2.05, 4.69) is 4.72 Å². The largest absolute Gasteiger partial charge is 0.492 e. The maximum atomic E-state index is 13.6. The summed E-state index contributed by atoms with van der Waals surface area (Å²) in [5, 5.41) is 0. The number of rotatable bonds is 3. The zero-order valence-corrected chi connectivity index (χ0v) is 11.6. The summed E-state index contributed by atoms with van der Waals surface area (Å²) in [7, 11) is -2.55. The highest BCUT2D eigenvalue weighted by atomic mass is 32.2. The Kier molecular flexibility index (Phi) is 3.87. The van der Waals surface area contributed by atoms with Gasteiger partial charge in [-0.15, -0.1) is 0 Å². The number of sulfonamides is 1. The van der Waals surface area contributed by atoms with Crippen molar-refractivity contribution >= 4 is 15.7 Å². The average molecular weight is 276 g/mol. The lowest BCUT2D eigenvalue weighted by molar-refractivity contribution is 0.388. The molecule has 0 fully saturated rings. The highest BCUT2D eigenvalue weighted by Gasteiger charge is 2.24. The third-order valence-electron chi connectivity index (χ3n) is 2.00. The van der Waals surface area contributed by atoms with E-state index in [0.717, 1.165) is 12.1 Å². The Balaban J connectivity index is 3.27. The second-order valence-electron chi connectivity index (χ2n) is 4.88. The molecule has 1 rings (SSSR count). The van der Waals surface area contributed by atoms with E-state index in [1.165, 1.54) is 7.11 Å². The van der Waals surface area contributed by atoms with Crippen LogP contribution in [0.25, 0.3) is 0 Å². The predicted molar refractivity (Wildman–Crippen MR) is 67.4 cm³/mol. The predicted octanol–water partition coefficient (Wildman–Crippen LogP) is 1.49. The SMILES string of the molecule is COc1c(N)cc(S(=O)(=O)NC(C)(C)C)cc1F. The average Bonchev–Trinajstić information content (AvgIpc) is 2.13. The molecule has 0 saturated carbocycles. The molecular weight excluding hydrogens is 259 g/mol. The molecule has 7 heteroatoms. The van der Waals surface area contributed by atoms with Crippen LogP contribution < -0.4 is 15.2 Å². The Hall–Kier alpha value is -1.34. The van der Waals surface area contributed by atoms with Crippen molar-refractivity contribution in [3.8, 4) is 5.75 Å². The van der Waals surface area contributed by atoms with Crippen LogP contribution in [0.2, 0.25) is 0 Å². The first-order chi connectivity index (χ1) is 8.07. The van der Waals surface area contributed by atoms with E-state index in [1.54, 1.807) is 20.8 Å². The van der Waals surface area contributed by atoms with Gasteiger partial charge in [0.05, 0.1) is 17.7 Å². The van der Waals surface area contributed by atoms with E-state index >= 15 is 0 Å². The minimum Gasteiger partial charge on any atom is -0.492 e. The molecule has 0 spiro atoms. The van der Waals surface area contributed by atoms with Gasteiger partial charge >= 0.3 is 0 Å². The zero-order valence-electron chi connectivity index (χ0n) is 10.7. The monoisotopic (exact) mass is 276 g/mol. The quantitative estimate of drug-likeness (QED) is 0.820. The number of ether oxygens (including phenoxy) is 1. The molecule has 0 amide bonds. The molecule has 3 N–H and O–H groups in total. The third kappa shape index (κ3) is 3.33. The lowest BCUT2D eigenvalue weighted by Crippen LogP contribution is -2.40. The maximum absolute atomic E-state index is 13.6. The van der Waals surface area contributed by atoms with Crippen molar-refractivity contribution in [3.05, 3.63) is 17.9 Å². The Morgan fingerprint density at radius 1 is 1.33 bits per heavy atom. The van der Waals surface area contributed by atoms with Crippen LogP contribution in [0.15, 0.2) is 17.0 Å². The van der Waals surface area contributed by atoms with Gasteiger partial charge in [-0.05, 0) is 32.9 Å². The molecule has 1 aromatic rings. The lowest BCUT2D eigenvalue weighted by Gasteiger charge is -2.20. The number of anilines is 1. The first-order valence-electron chi connectivity index (χ1n) is 5.24. The molecule has 0 aliphatic rings. The summed E-state index contributed by atoms with van der Waals surface area (Å²) in [6.07, 6.45) is 0. The number of methoxy groups -OCH3 is 1. The van der Waals surface area contributed by atoms with Crippen LogP contribution in [0.4, 0.5) is 10.1 Å². The van der Waals surface area contributed by atoms with E-state index in [-0.39, 0.29) is 16.3 Å². The Labute approximate surface area is 106 Å². The van der Waals surface area contributed by atoms with E-state index in [1.807, 2.05) is 0 Å². The number of nitrogens with two attached hydrogens (primary N) is 1. The topological polar surface area (TPSA) is 81.4 Å². The van der Waals surface area contributed by atoms with E-state index in [4.69, 9.17) is 10.5 Å². The lowest BCUT2D eigenvalue weighted by atomic mass is 10.1. The molecular formula is C11H17FN2O3S. The number of halogens is 1. The van der Waals surface area contributed by atoms with Crippen molar-refractivity contribution in [1.29, 1.82) is 0 Å². The van der Waals surface area contributed by atoms with Gasteiger partial charge in [-0.2, -0.15) is 0 Å². The summed E-state index contributed by atoms with van der Waals surface area (Å²) in [5.41, 5.74) is 4.81. The minimum absolute atomic E-state index is 0.0632. The zero-order chi connectivity index (χ0) is 14.1. The molecule has 0 aliphatic carbocycles. The summed E-state index contributed by atoms with van der Waals surface area (Å²) in [5.74, 6) is -0.975. The van der Waals surface area contributed by atoms with Crippen LogP contribution >= 0.6 is 0 Å². The first-order valence-corrected chi connectivity index (χ1v) is 6.72. The van der Waals surface area contributed by atoms with Gasteiger partial charge in [0.1, 0.15) is 0 Å². The van der Waals surface area contributed by atoms with E-state index < -0.39 is 21.4 Å². The Bertz CT molecular complexity index is 527. The molecule has 0 aliphatic heterocycles. The minimum atomic E-state index is -3.81. The Morgan fingerprint density at radius 2 is 1.89 bits per heavy atom. The van der Waals surface area contributed by atoms with Crippen molar-refractivity contribution in [3.63, 3.8) is 0 Å². The standard InChI is InChI=1S/C11H17FN2O3S/c1-11(2,3)14-18(15,16)7-5-8(12)10(17-4)9(13)6-7/h5-6,14H,13H2,1-4H3. The third-order valence-corrected chi connectivity index (χ3v) is 3.74. The first kappa shape index (κ1) is 14.7. The molecule has 0 unspecified atom stereocenters. The molecule has 102 valence electrons. The molecule has 0 heterocycles. The molecule has 0 saturated heterocycles. The number of hydrogen-bond donors (Lipinski definition) is 2. The van der Waals surface area contributed by atoms with Gasteiger partial charge in [0.15, 0.2) is 11.6 Å². The van der Waals surface area contributed by atoms with Crippen LogP contribution in [0.3, 0.4) is 0 Å². The van der Waals surface area contributed by atoms with Gasteiger partial charge < -0.3 is 10.5 Å². The molecule has 5 nitrogen and oxygen atoms in total. The van der Waals surface area contributed by atoms with Crippen LogP contribution in [-0.4, -0.2) is 21.1 Å².